The molecule has 2 rings (SSSR count). The van der Waals surface area contributed by atoms with Gasteiger partial charge in [-0.05, 0) is 12.8 Å². The van der Waals surface area contributed by atoms with E-state index < -0.39 is 38.7 Å². The molecule has 0 radical (unpaired) electrons. The zero-order valence-corrected chi connectivity index (χ0v) is 10.6. The zero-order chi connectivity index (χ0) is 14.2. The number of aromatic nitrogens is 2. The highest BCUT2D eigenvalue weighted by atomic mass is 32.2. The van der Waals surface area contributed by atoms with Gasteiger partial charge in [0.05, 0.1) is 11.5 Å². The number of carbonyl (C=O) groups is 1. The number of hydrogen-bond acceptors (Lipinski definition) is 5. The number of hydrogen-bond donors (Lipinski definition) is 2. The average Bonchev–Trinajstić information content (AvgIpc) is 2.29. The smallest absolute Gasteiger partial charge is 0.342 e. The molecule has 9 heteroatoms. The Hall–Kier alpha value is -1.90. The molecule has 1 saturated heterocycles. The van der Waals surface area contributed by atoms with Gasteiger partial charge in [-0.25, -0.2) is 18.0 Å². The minimum absolute atomic E-state index is 0.0500. The molecule has 8 nitrogen and oxygen atoms in total. The molecule has 0 saturated carbocycles. The van der Waals surface area contributed by atoms with Gasteiger partial charge in [0, 0.05) is 12.2 Å². The van der Waals surface area contributed by atoms with Gasteiger partial charge in [-0.1, -0.05) is 0 Å². The molecule has 104 valence electrons. The summed E-state index contributed by atoms with van der Waals surface area (Å²) >= 11 is 0. The highest BCUT2D eigenvalue weighted by Gasteiger charge is 2.26. The molecule has 1 aliphatic rings. The summed E-state index contributed by atoms with van der Waals surface area (Å²) in [7, 11) is -3.07. The molecule has 0 spiro atoms. The van der Waals surface area contributed by atoms with Gasteiger partial charge in [0.15, 0.2) is 0 Å². The van der Waals surface area contributed by atoms with Gasteiger partial charge in [-0.15, -0.1) is 0 Å². The lowest BCUT2D eigenvalue weighted by Gasteiger charge is -2.23. The van der Waals surface area contributed by atoms with E-state index in [1.54, 1.807) is 0 Å². The second-order valence-corrected chi connectivity index (χ2v) is 6.70. The van der Waals surface area contributed by atoms with Crippen LogP contribution in [0.1, 0.15) is 29.2 Å². The lowest BCUT2D eigenvalue weighted by molar-refractivity contribution is 0.0693. The molecule has 19 heavy (non-hydrogen) atoms. The number of carboxylic acid groups (broad SMARTS) is 1. The molecule has 0 amide bonds. The largest absolute Gasteiger partial charge is 0.477 e. The van der Waals surface area contributed by atoms with Crippen molar-refractivity contribution in [2.75, 3.05) is 11.5 Å². The highest BCUT2D eigenvalue weighted by Crippen LogP contribution is 2.22. The van der Waals surface area contributed by atoms with Crippen LogP contribution >= 0.6 is 0 Å². The number of aromatic amines is 1. The van der Waals surface area contributed by atoms with Crippen LogP contribution in [-0.4, -0.2) is 40.6 Å². The van der Waals surface area contributed by atoms with Crippen LogP contribution in [0.5, 0.6) is 0 Å². The Morgan fingerprint density at radius 3 is 2.42 bits per heavy atom. The summed E-state index contributed by atoms with van der Waals surface area (Å²) in [5.74, 6) is -1.53. The number of nitrogens with one attached hydrogen (secondary N) is 1. The Morgan fingerprint density at radius 1 is 1.32 bits per heavy atom. The van der Waals surface area contributed by atoms with Gasteiger partial charge in [-0.3, -0.25) is 14.3 Å². The van der Waals surface area contributed by atoms with Crippen LogP contribution in [0, 0.1) is 0 Å². The summed E-state index contributed by atoms with van der Waals surface area (Å²) in [6.45, 7) is 0. The second kappa shape index (κ2) is 4.65. The summed E-state index contributed by atoms with van der Waals surface area (Å²) in [5, 5.41) is 8.83. The fourth-order valence-electron chi connectivity index (χ4n) is 2.06. The summed E-state index contributed by atoms with van der Waals surface area (Å²) in [6.07, 6.45) is 1.44. The SMILES string of the molecule is O=C(O)c1cn(C2CCS(=O)(=O)CC2)c(=O)[nH]c1=O. The van der Waals surface area contributed by atoms with Crippen molar-refractivity contribution in [1.29, 1.82) is 0 Å². The van der Waals surface area contributed by atoms with Gasteiger partial charge in [0.2, 0.25) is 0 Å². The van der Waals surface area contributed by atoms with Gasteiger partial charge in [-0.2, -0.15) is 0 Å². The minimum atomic E-state index is -3.07. The van der Waals surface area contributed by atoms with E-state index >= 15 is 0 Å². The van der Waals surface area contributed by atoms with E-state index in [4.69, 9.17) is 5.11 Å². The molecule has 1 aromatic heterocycles. The van der Waals surface area contributed by atoms with Crippen molar-refractivity contribution in [2.45, 2.75) is 18.9 Å². The Kier molecular flexibility index (Phi) is 3.31. The fourth-order valence-corrected chi connectivity index (χ4v) is 3.53. The molecule has 0 aliphatic carbocycles. The zero-order valence-electron chi connectivity index (χ0n) is 9.83. The molecule has 1 aromatic rings. The van der Waals surface area contributed by atoms with Crippen LogP contribution in [0.2, 0.25) is 0 Å². The van der Waals surface area contributed by atoms with Gasteiger partial charge in [0.25, 0.3) is 5.56 Å². The van der Waals surface area contributed by atoms with Crippen molar-refractivity contribution in [1.82, 2.24) is 9.55 Å². The van der Waals surface area contributed by atoms with Crippen molar-refractivity contribution in [3.63, 3.8) is 0 Å². The lowest BCUT2D eigenvalue weighted by Crippen LogP contribution is -2.37. The quantitative estimate of drug-likeness (QED) is 0.717. The van der Waals surface area contributed by atoms with E-state index in [-0.39, 0.29) is 24.3 Å². The number of nitrogens with zero attached hydrogens (tertiary/aromatic N) is 1. The fraction of sp³-hybridized carbons (Fsp3) is 0.500. The minimum Gasteiger partial charge on any atom is -0.477 e. The Bertz CT molecular complexity index is 715. The van der Waals surface area contributed by atoms with Crippen molar-refractivity contribution in [3.8, 4) is 0 Å². The van der Waals surface area contributed by atoms with E-state index in [1.807, 2.05) is 4.98 Å². The Balaban J connectivity index is 2.41. The molecule has 2 heterocycles. The number of sulfone groups is 1. The van der Waals surface area contributed by atoms with Crippen LogP contribution in [-0.2, 0) is 9.84 Å². The van der Waals surface area contributed by atoms with Gasteiger partial charge in [0.1, 0.15) is 15.4 Å². The van der Waals surface area contributed by atoms with Crippen molar-refractivity contribution in [3.05, 3.63) is 32.6 Å². The van der Waals surface area contributed by atoms with Crippen molar-refractivity contribution in [2.24, 2.45) is 0 Å². The maximum absolute atomic E-state index is 11.6. The van der Waals surface area contributed by atoms with Crippen LogP contribution < -0.4 is 11.2 Å². The van der Waals surface area contributed by atoms with Crippen molar-refractivity contribution < 1.29 is 18.3 Å². The average molecular weight is 288 g/mol. The van der Waals surface area contributed by atoms with E-state index in [1.165, 1.54) is 0 Å². The first-order valence-electron chi connectivity index (χ1n) is 5.59. The first-order chi connectivity index (χ1) is 8.80. The topological polar surface area (TPSA) is 126 Å². The third kappa shape index (κ3) is 2.75. The summed E-state index contributed by atoms with van der Waals surface area (Å²) < 4.78 is 23.7. The summed E-state index contributed by atoms with van der Waals surface area (Å²) in [5.41, 5.74) is -2.22. The van der Waals surface area contributed by atoms with E-state index in [0.29, 0.717) is 0 Å². The third-order valence-corrected chi connectivity index (χ3v) is 4.83. The number of H-pyrrole nitrogens is 1. The maximum atomic E-state index is 11.6. The monoisotopic (exact) mass is 288 g/mol. The van der Waals surface area contributed by atoms with Crippen molar-refractivity contribution >= 4 is 15.8 Å². The number of carboxylic acids is 1. The van der Waals surface area contributed by atoms with E-state index in [0.717, 1.165) is 10.8 Å². The van der Waals surface area contributed by atoms with Crippen LogP contribution in [0.15, 0.2) is 15.8 Å². The maximum Gasteiger partial charge on any atom is 0.342 e. The van der Waals surface area contributed by atoms with E-state index in [9.17, 15) is 22.8 Å². The highest BCUT2D eigenvalue weighted by molar-refractivity contribution is 7.91. The van der Waals surface area contributed by atoms with Crippen LogP contribution in [0.25, 0.3) is 0 Å². The normalized spacial score (nSPS) is 19.2. The third-order valence-electron chi connectivity index (χ3n) is 3.12. The number of rotatable bonds is 2. The molecule has 1 aliphatic heterocycles. The number of aromatic carboxylic acids is 1. The predicted octanol–water partition coefficient (Wildman–Crippen LogP) is -1.02. The standard InChI is InChI=1S/C10H12N2O6S/c13-8-7(9(14)15)5-12(10(16)11-8)6-1-3-19(17,18)4-2-6/h5-6H,1-4H2,(H,14,15)(H,11,13,16). The Morgan fingerprint density at radius 2 is 1.89 bits per heavy atom. The Labute approximate surface area is 107 Å². The molecule has 2 N–H and O–H groups in total. The summed E-state index contributed by atoms with van der Waals surface area (Å²) in [6, 6.07) is -0.411. The van der Waals surface area contributed by atoms with Gasteiger partial charge >= 0.3 is 11.7 Å². The van der Waals surface area contributed by atoms with E-state index in [2.05, 4.69) is 0 Å². The first-order valence-corrected chi connectivity index (χ1v) is 7.41. The molecule has 0 aromatic carbocycles. The molecular weight excluding hydrogens is 276 g/mol. The second-order valence-electron chi connectivity index (χ2n) is 4.40. The summed E-state index contributed by atoms with van der Waals surface area (Å²) in [4.78, 5) is 35.7. The molecule has 0 unspecified atom stereocenters. The molecule has 1 fully saturated rings. The molecule has 0 atom stereocenters. The molecular formula is C10H12N2O6S. The molecule has 0 bridgehead atoms. The lowest BCUT2D eigenvalue weighted by atomic mass is 10.1. The van der Waals surface area contributed by atoms with Crippen LogP contribution in [0.3, 0.4) is 0 Å². The van der Waals surface area contributed by atoms with Gasteiger partial charge < -0.3 is 5.11 Å². The predicted molar refractivity (Wildman–Crippen MR) is 65.2 cm³/mol. The first kappa shape index (κ1) is 13.5. The van der Waals surface area contributed by atoms with Crippen LogP contribution in [0.4, 0.5) is 0 Å².